The monoisotopic (exact) mass is 341 g/mol. The van der Waals surface area contributed by atoms with Crippen molar-refractivity contribution in [3.8, 4) is 5.75 Å². The van der Waals surface area contributed by atoms with Crippen LogP contribution in [-0.4, -0.2) is 23.7 Å². The fraction of sp³-hybridized carbons (Fsp3) is 0.222. The molecular weight excluding hydrogens is 322 g/mol. The molecule has 0 bridgehead atoms. The molecule has 2 rings (SSSR count). The van der Waals surface area contributed by atoms with E-state index in [1.54, 1.807) is 18.2 Å². The van der Waals surface area contributed by atoms with Crippen LogP contribution in [0.15, 0.2) is 53.6 Å². The highest BCUT2D eigenvalue weighted by molar-refractivity contribution is 5.86. The summed E-state index contributed by atoms with van der Waals surface area (Å²) in [4.78, 5) is 22.1. The number of hydrazone groups is 1. The van der Waals surface area contributed by atoms with Gasteiger partial charge in [-0.1, -0.05) is 37.6 Å². The van der Waals surface area contributed by atoms with Crippen LogP contribution in [0, 0.1) is 10.1 Å². The summed E-state index contributed by atoms with van der Waals surface area (Å²) in [6, 6.07) is 13.7. The molecule has 0 aromatic heterocycles. The molecule has 0 saturated heterocycles. The first-order chi connectivity index (χ1) is 12.1. The lowest BCUT2D eigenvalue weighted by atomic mass is 10.1. The van der Waals surface area contributed by atoms with Gasteiger partial charge in [0.1, 0.15) is 5.75 Å². The molecule has 7 heteroatoms. The fourth-order valence-corrected chi connectivity index (χ4v) is 2.16. The highest BCUT2D eigenvalue weighted by Crippen LogP contribution is 2.15. The van der Waals surface area contributed by atoms with Crippen LogP contribution in [0.4, 0.5) is 5.69 Å². The highest BCUT2D eigenvalue weighted by Gasteiger charge is 2.10. The number of hydrogen-bond acceptors (Lipinski definition) is 5. The normalized spacial score (nSPS) is 10.6. The Morgan fingerprint density at radius 2 is 1.96 bits per heavy atom. The first kappa shape index (κ1) is 18.1. The number of para-hydroxylation sites is 1. The molecule has 0 atom stereocenters. The van der Waals surface area contributed by atoms with Gasteiger partial charge in [-0.15, -0.1) is 0 Å². The molecule has 130 valence electrons. The molecule has 2 aromatic carbocycles. The molecule has 25 heavy (non-hydrogen) atoms. The lowest BCUT2D eigenvalue weighted by Gasteiger charge is -2.06. The number of nitro benzene ring substituents is 1. The van der Waals surface area contributed by atoms with E-state index in [4.69, 9.17) is 4.74 Å². The average molecular weight is 341 g/mol. The first-order valence-electron chi connectivity index (χ1n) is 7.87. The summed E-state index contributed by atoms with van der Waals surface area (Å²) in [5.41, 5.74) is 3.72. The number of rotatable bonds is 8. The zero-order valence-corrected chi connectivity index (χ0v) is 13.8. The topological polar surface area (TPSA) is 93.8 Å². The number of benzene rings is 2. The van der Waals surface area contributed by atoms with E-state index in [0.29, 0.717) is 11.3 Å². The molecule has 2 aromatic rings. The number of nitro groups is 1. The third kappa shape index (κ3) is 5.72. The van der Waals surface area contributed by atoms with Gasteiger partial charge in [-0.3, -0.25) is 14.9 Å². The second kappa shape index (κ2) is 9.17. The summed E-state index contributed by atoms with van der Waals surface area (Å²) in [5.74, 6) is 0.144. The Labute approximate surface area is 145 Å². The third-order valence-corrected chi connectivity index (χ3v) is 3.36. The molecule has 1 N–H and O–H groups in total. The van der Waals surface area contributed by atoms with Crippen molar-refractivity contribution in [3.63, 3.8) is 0 Å². The summed E-state index contributed by atoms with van der Waals surface area (Å²) < 4.78 is 5.37. The van der Waals surface area contributed by atoms with Crippen molar-refractivity contribution >= 4 is 17.8 Å². The SMILES string of the molecule is CCCc1ccc(OCC(=O)N/N=C/c2ccccc2[N+](=O)[O-])cc1. The standard InChI is InChI=1S/C18H19N3O4/c1-2-5-14-8-10-16(11-9-14)25-13-18(22)20-19-12-15-6-3-4-7-17(15)21(23)24/h3-4,6-12H,2,5,13H2,1H3,(H,20,22)/b19-12+. The van der Waals surface area contributed by atoms with Crippen LogP contribution in [-0.2, 0) is 11.2 Å². The quantitative estimate of drug-likeness (QED) is 0.453. The Hall–Kier alpha value is -3.22. The van der Waals surface area contributed by atoms with Gasteiger partial charge in [-0.2, -0.15) is 5.10 Å². The lowest BCUT2D eigenvalue weighted by Crippen LogP contribution is -2.24. The van der Waals surface area contributed by atoms with E-state index in [1.165, 1.54) is 17.8 Å². The molecule has 0 aliphatic rings. The molecule has 0 aliphatic carbocycles. The second-order valence-corrected chi connectivity index (χ2v) is 5.29. The maximum atomic E-state index is 11.7. The van der Waals surface area contributed by atoms with Gasteiger partial charge in [0.25, 0.3) is 11.6 Å². The number of aryl methyl sites for hydroxylation is 1. The molecule has 7 nitrogen and oxygen atoms in total. The number of ether oxygens (including phenoxy) is 1. The summed E-state index contributed by atoms with van der Waals surface area (Å²) in [6.07, 6.45) is 3.30. The molecular formula is C18H19N3O4. The van der Waals surface area contributed by atoms with Gasteiger partial charge in [0.15, 0.2) is 6.61 Å². The Bertz CT molecular complexity index is 757. The van der Waals surface area contributed by atoms with Gasteiger partial charge < -0.3 is 4.74 Å². The van der Waals surface area contributed by atoms with Crippen molar-refractivity contribution in [2.75, 3.05) is 6.61 Å². The molecule has 0 spiro atoms. The van der Waals surface area contributed by atoms with E-state index < -0.39 is 10.8 Å². The average Bonchev–Trinajstić information content (AvgIpc) is 2.61. The third-order valence-electron chi connectivity index (χ3n) is 3.36. The summed E-state index contributed by atoms with van der Waals surface area (Å²) in [7, 11) is 0. The van der Waals surface area contributed by atoms with Gasteiger partial charge >= 0.3 is 0 Å². The zero-order valence-electron chi connectivity index (χ0n) is 13.8. The van der Waals surface area contributed by atoms with E-state index in [0.717, 1.165) is 12.8 Å². The van der Waals surface area contributed by atoms with E-state index in [2.05, 4.69) is 17.5 Å². The minimum Gasteiger partial charge on any atom is -0.484 e. The van der Waals surface area contributed by atoms with Crippen molar-refractivity contribution in [1.29, 1.82) is 0 Å². The maximum absolute atomic E-state index is 11.7. The number of hydrogen-bond donors (Lipinski definition) is 1. The molecule has 0 fully saturated rings. The van der Waals surface area contributed by atoms with Crippen LogP contribution in [0.3, 0.4) is 0 Å². The van der Waals surface area contributed by atoms with Crippen LogP contribution in [0.2, 0.25) is 0 Å². The summed E-state index contributed by atoms with van der Waals surface area (Å²) in [6.45, 7) is 1.92. The van der Waals surface area contributed by atoms with Crippen molar-refractivity contribution in [3.05, 3.63) is 69.8 Å². The van der Waals surface area contributed by atoms with Crippen LogP contribution in [0.1, 0.15) is 24.5 Å². The molecule has 0 saturated carbocycles. The van der Waals surface area contributed by atoms with Crippen LogP contribution < -0.4 is 10.2 Å². The van der Waals surface area contributed by atoms with E-state index >= 15 is 0 Å². The molecule has 0 unspecified atom stereocenters. The predicted octanol–water partition coefficient (Wildman–Crippen LogP) is 3.08. The van der Waals surface area contributed by atoms with Gasteiger partial charge in [0.05, 0.1) is 16.7 Å². The van der Waals surface area contributed by atoms with Crippen molar-refractivity contribution in [1.82, 2.24) is 5.43 Å². The van der Waals surface area contributed by atoms with E-state index in [-0.39, 0.29) is 12.3 Å². The largest absolute Gasteiger partial charge is 0.484 e. The Morgan fingerprint density at radius 1 is 1.24 bits per heavy atom. The molecule has 1 amide bonds. The van der Waals surface area contributed by atoms with Crippen LogP contribution >= 0.6 is 0 Å². The predicted molar refractivity (Wildman–Crippen MR) is 94.8 cm³/mol. The number of carbonyl (C=O) groups excluding carboxylic acids is 1. The minimum absolute atomic E-state index is 0.0797. The zero-order chi connectivity index (χ0) is 18.1. The van der Waals surface area contributed by atoms with Gasteiger partial charge in [-0.25, -0.2) is 5.43 Å². The highest BCUT2D eigenvalue weighted by atomic mass is 16.6. The van der Waals surface area contributed by atoms with Crippen molar-refractivity contribution in [2.24, 2.45) is 5.10 Å². The van der Waals surface area contributed by atoms with Crippen LogP contribution in [0.5, 0.6) is 5.75 Å². The smallest absolute Gasteiger partial charge is 0.278 e. The number of carbonyl (C=O) groups is 1. The van der Waals surface area contributed by atoms with E-state index in [1.807, 2.05) is 24.3 Å². The summed E-state index contributed by atoms with van der Waals surface area (Å²) >= 11 is 0. The molecule has 0 aliphatic heterocycles. The van der Waals surface area contributed by atoms with Gasteiger partial charge in [0, 0.05) is 6.07 Å². The summed E-state index contributed by atoms with van der Waals surface area (Å²) in [5, 5.41) is 14.6. The van der Waals surface area contributed by atoms with Crippen molar-refractivity contribution in [2.45, 2.75) is 19.8 Å². The van der Waals surface area contributed by atoms with Gasteiger partial charge in [0.2, 0.25) is 0 Å². The number of nitrogens with one attached hydrogen (secondary N) is 1. The Morgan fingerprint density at radius 3 is 2.64 bits per heavy atom. The first-order valence-corrected chi connectivity index (χ1v) is 7.87. The molecule has 0 radical (unpaired) electrons. The molecule has 0 heterocycles. The van der Waals surface area contributed by atoms with E-state index in [9.17, 15) is 14.9 Å². The Balaban J connectivity index is 1.83. The van der Waals surface area contributed by atoms with Crippen LogP contribution in [0.25, 0.3) is 0 Å². The Kier molecular flexibility index (Phi) is 6.65. The number of amides is 1. The lowest BCUT2D eigenvalue weighted by molar-refractivity contribution is -0.385. The minimum atomic E-state index is -0.505. The van der Waals surface area contributed by atoms with Crippen molar-refractivity contribution < 1.29 is 14.5 Å². The maximum Gasteiger partial charge on any atom is 0.278 e. The second-order valence-electron chi connectivity index (χ2n) is 5.29. The number of nitrogens with zero attached hydrogens (tertiary/aromatic N) is 2. The fourth-order valence-electron chi connectivity index (χ4n) is 2.16. The van der Waals surface area contributed by atoms with Gasteiger partial charge in [-0.05, 0) is 30.2 Å².